The predicted molar refractivity (Wildman–Crippen MR) is 107 cm³/mol. The molecule has 2 heterocycles. The summed E-state index contributed by atoms with van der Waals surface area (Å²) in [5.41, 5.74) is 9.18. The number of methoxy groups -OCH3 is 1. The van der Waals surface area contributed by atoms with Crippen molar-refractivity contribution in [1.82, 2.24) is 20.4 Å². The Hall–Kier alpha value is -3.16. The van der Waals surface area contributed by atoms with E-state index in [9.17, 15) is 4.79 Å². The van der Waals surface area contributed by atoms with Crippen molar-refractivity contribution in [2.75, 3.05) is 12.4 Å². The molecular weight excluding hydrogens is 354 g/mol. The Bertz CT molecular complexity index is 950. The molecule has 0 bridgehead atoms. The number of hydrogen-bond donors (Lipinski definition) is 3. The number of imidazole rings is 1. The fourth-order valence-corrected chi connectivity index (χ4v) is 3.37. The Labute approximate surface area is 163 Å². The molecule has 7 heteroatoms. The molecule has 1 aliphatic heterocycles. The molecule has 0 spiro atoms. The number of hydrogen-bond acceptors (Lipinski definition) is 5. The van der Waals surface area contributed by atoms with E-state index in [4.69, 9.17) is 4.74 Å². The zero-order valence-corrected chi connectivity index (χ0v) is 15.8. The molecule has 4 rings (SSSR count). The maximum absolute atomic E-state index is 12.6. The van der Waals surface area contributed by atoms with E-state index < -0.39 is 0 Å². The molecule has 0 radical (unpaired) electrons. The number of hydrazine groups is 1. The minimum Gasteiger partial charge on any atom is -0.497 e. The van der Waals surface area contributed by atoms with Gasteiger partial charge in [0.05, 0.1) is 7.11 Å². The van der Waals surface area contributed by atoms with Gasteiger partial charge >= 0.3 is 0 Å². The Morgan fingerprint density at radius 3 is 2.54 bits per heavy atom. The van der Waals surface area contributed by atoms with E-state index in [-0.39, 0.29) is 18.0 Å². The molecule has 3 N–H and O–H groups in total. The van der Waals surface area contributed by atoms with Crippen molar-refractivity contribution in [2.24, 2.45) is 0 Å². The summed E-state index contributed by atoms with van der Waals surface area (Å²) in [5.74, 6) is 1.68. The second kappa shape index (κ2) is 7.84. The number of carbonyl (C=O) groups excluding carboxylic acids is 1. The molecule has 1 fully saturated rings. The van der Waals surface area contributed by atoms with Gasteiger partial charge < -0.3 is 14.6 Å². The molecule has 2 aromatic carbocycles. The summed E-state index contributed by atoms with van der Waals surface area (Å²) in [4.78, 5) is 16.8. The highest BCUT2D eigenvalue weighted by molar-refractivity contribution is 5.95. The molecular formula is C21H23N5O2. The lowest BCUT2D eigenvalue weighted by Crippen LogP contribution is -2.39. The van der Waals surface area contributed by atoms with Crippen molar-refractivity contribution in [1.29, 1.82) is 0 Å². The largest absolute Gasteiger partial charge is 0.497 e. The van der Waals surface area contributed by atoms with Crippen LogP contribution in [-0.4, -0.2) is 28.6 Å². The second-order valence-corrected chi connectivity index (χ2v) is 6.78. The van der Waals surface area contributed by atoms with Crippen molar-refractivity contribution in [3.05, 3.63) is 72.3 Å². The van der Waals surface area contributed by atoms with Gasteiger partial charge in [-0.05, 0) is 55.3 Å². The fourth-order valence-electron chi connectivity index (χ4n) is 3.37. The predicted octanol–water partition coefficient (Wildman–Crippen LogP) is 2.74. The zero-order chi connectivity index (χ0) is 19.5. The quantitative estimate of drug-likeness (QED) is 0.637. The number of aromatic nitrogens is 2. The van der Waals surface area contributed by atoms with E-state index in [1.165, 1.54) is 0 Å². The third kappa shape index (κ3) is 3.76. The number of carbonyl (C=O) groups is 1. The third-order valence-corrected chi connectivity index (χ3v) is 4.98. The Balaban J connectivity index is 1.37. The third-order valence-electron chi connectivity index (χ3n) is 4.98. The number of nitrogens with one attached hydrogen (secondary N) is 3. The normalized spacial score (nSPS) is 18.8. The molecule has 0 saturated carbocycles. The van der Waals surface area contributed by atoms with Gasteiger partial charge in [-0.25, -0.2) is 15.8 Å². The number of aryl methyl sites for hydroxylation is 1. The highest BCUT2D eigenvalue weighted by atomic mass is 16.5. The maximum Gasteiger partial charge on any atom is 0.242 e. The number of amides is 1. The maximum atomic E-state index is 12.6. The Morgan fingerprint density at radius 1 is 1.14 bits per heavy atom. The number of anilines is 1. The van der Waals surface area contributed by atoms with Crippen molar-refractivity contribution < 1.29 is 9.53 Å². The molecule has 2 unspecified atom stereocenters. The van der Waals surface area contributed by atoms with Gasteiger partial charge in [0, 0.05) is 29.8 Å². The Kier molecular flexibility index (Phi) is 5.10. The summed E-state index contributed by atoms with van der Waals surface area (Å²) in [6.07, 6.45) is 4.35. The van der Waals surface area contributed by atoms with Crippen molar-refractivity contribution in [3.8, 4) is 11.4 Å². The van der Waals surface area contributed by atoms with Crippen LogP contribution in [0.15, 0.2) is 60.9 Å². The van der Waals surface area contributed by atoms with Crippen LogP contribution < -0.4 is 20.9 Å². The average Bonchev–Trinajstić information content (AvgIpc) is 3.38. The van der Waals surface area contributed by atoms with Gasteiger partial charge in [0.15, 0.2) is 0 Å². The van der Waals surface area contributed by atoms with Crippen LogP contribution in [0, 0.1) is 6.92 Å². The number of nitrogens with zero attached hydrogens (tertiary/aromatic N) is 2. The van der Waals surface area contributed by atoms with Crippen LogP contribution in [-0.2, 0) is 4.79 Å². The summed E-state index contributed by atoms with van der Waals surface area (Å²) in [5, 5.41) is 2.97. The highest BCUT2D eigenvalue weighted by Crippen LogP contribution is 2.25. The van der Waals surface area contributed by atoms with Gasteiger partial charge in [0.1, 0.15) is 17.6 Å². The second-order valence-electron chi connectivity index (χ2n) is 6.78. The lowest BCUT2D eigenvalue weighted by Gasteiger charge is -2.12. The van der Waals surface area contributed by atoms with Crippen molar-refractivity contribution in [3.63, 3.8) is 0 Å². The fraction of sp³-hybridized carbons (Fsp3) is 0.238. The first-order valence-electron chi connectivity index (χ1n) is 9.20. The van der Waals surface area contributed by atoms with Crippen LogP contribution in [0.1, 0.15) is 23.9 Å². The number of benzene rings is 2. The van der Waals surface area contributed by atoms with E-state index in [0.29, 0.717) is 6.42 Å². The highest BCUT2D eigenvalue weighted by Gasteiger charge is 2.30. The minimum atomic E-state index is -0.303. The molecule has 3 aromatic rings. The van der Waals surface area contributed by atoms with Gasteiger partial charge in [-0.15, -0.1) is 0 Å². The van der Waals surface area contributed by atoms with Crippen molar-refractivity contribution >= 4 is 11.6 Å². The van der Waals surface area contributed by atoms with Crippen LogP contribution in [0.3, 0.4) is 0 Å². The first kappa shape index (κ1) is 18.2. The molecule has 7 nitrogen and oxygen atoms in total. The monoisotopic (exact) mass is 377 g/mol. The minimum absolute atomic E-state index is 0.0601. The van der Waals surface area contributed by atoms with Crippen LogP contribution in [0.25, 0.3) is 5.69 Å². The number of ether oxygens (including phenoxy) is 1. The first-order valence-corrected chi connectivity index (χ1v) is 9.20. The van der Waals surface area contributed by atoms with Gasteiger partial charge in [0.25, 0.3) is 0 Å². The SMILES string of the molecule is COc1ccc(C2CC(C(=O)Nc3ccc(-n4ccnc4C)cc3)NN2)cc1. The molecule has 28 heavy (non-hydrogen) atoms. The first-order chi connectivity index (χ1) is 13.6. The summed E-state index contributed by atoms with van der Waals surface area (Å²) < 4.78 is 7.18. The summed E-state index contributed by atoms with van der Waals surface area (Å²) >= 11 is 0. The standard InChI is InChI=1S/C21H23N5O2/c1-14-22-11-12-26(14)17-7-5-16(6-8-17)23-21(27)20-13-19(24-25-20)15-3-9-18(28-2)10-4-15/h3-12,19-20,24-25H,13H2,1-2H3,(H,23,27). The van der Waals surface area contributed by atoms with Crippen LogP contribution in [0.5, 0.6) is 5.75 Å². The summed E-state index contributed by atoms with van der Waals surface area (Å²) in [6.45, 7) is 1.95. The van der Waals surface area contributed by atoms with Crippen LogP contribution in [0.4, 0.5) is 5.69 Å². The smallest absolute Gasteiger partial charge is 0.242 e. The van der Waals surface area contributed by atoms with Gasteiger partial charge in [-0.1, -0.05) is 12.1 Å². The lowest BCUT2D eigenvalue weighted by molar-refractivity contribution is -0.117. The molecule has 1 saturated heterocycles. The topological polar surface area (TPSA) is 80.2 Å². The van der Waals surface area contributed by atoms with E-state index >= 15 is 0 Å². The van der Waals surface area contributed by atoms with E-state index in [1.54, 1.807) is 13.3 Å². The van der Waals surface area contributed by atoms with E-state index in [0.717, 1.165) is 28.5 Å². The summed E-state index contributed by atoms with van der Waals surface area (Å²) in [7, 11) is 1.65. The van der Waals surface area contributed by atoms with Gasteiger partial charge in [-0.3, -0.25) is 4.79 Å². The summed E-state index contributed by atoms with van der Waals surface area (Å²) in [6, 6.07) is 15.4. The molecule has 1 aromatic heterocycles. The molecule has 144 valence electrons. The lowest BCUT2D eigenvalue weighted by atomic mass is 10.0. The molecule has 1 aliphatic rings. The van der Waals surface area contributed by atoms with Gasteiger partial charge in [-0.2, -0.15) is 0 Å². The Morgan fingerprint density at radius 2 is 1.89 bits per heavy atom. The van der Waals surface area contributed by atoms with Crippen LogP contribution in [0.2, 0.25) is 0 Å². The molecule has 2 atom stereocenters. The molecule has 0 aliphatic carbocycles. The van der Waals surface area contributed by atoms with E-state index in [1.807, 2.05) is 66.2 Å². The zero-order valence-electron chi connectivity index (χ0n) is 15.8. The molecule has 1 amide bonds. The van der Waals surface area contributed by atoms with Crippen LogP contribution >= 0.6 is 0 Å². The van der Waals surface area contributed by atoms with Gasteiger partial charge in [0.2, 0.25) is 5.91 Å². The van der Waals surface area contributed by atoms with E-state index in [2.05, 4.69) is 21.2 Å². The van der Waals surface area contributed by atoms with Crippen molar-refractivity contribution in [2.45, 2.75) is 25.4 Å². The number of rotatable bonds is 5. The average molecular weight is 377 g/mol.